The molecule has 0 saturated carbocycles. The second-order valence-electron chi connectivity index (χ2n) is 9.26. The van der Waals surface area contributed by atoms with E-state index in [0.29, 0.717) is 5.92 Å². The van der Waals surface area contributed by atoms with Crippen LogP contribution in [0, 0.1) is 5.92 Å². The zero-order valence-corrected chi connectivity index (χ0v) is 18.6. The third-order valence-corrected chi connectivity index (χ3v) is 7.55. The molecule has 0 fully saturated rings. The van der Waals surface area contributed by atoms with Gasteiger partial charge in [-0.25, -0.2) is 0 Å². The van der Waals surface area contributed by atoms with Gasteiger partial charge in [0.2, 0.25) is 0 Å². The van der Waals surface area contributed by atoms with Gasteiger partial charge in [0, 0.05) is 11.8 Å². The number of hydrogen-bond acceptors (Lipinski definition) is 1. The summed E-state index contributed by atoms with van der Waals surface area (Å²) >= 11 is 0. The van der Waals surface area contributed by atoms with Gasteiger partial charge in [0.05, 0.1) is 13.8 Å². The maximum absolute atomic E-state index is 4.95. The second kappa shape index (κ2) is 7.18. The molecular weight excluding hydrogens is 354 g/mol. The summed E-state index contributed by atoms with van der Waals surface area (Å²) in [5, 5.41) is 6.68. The fourth-order valence-corrected chi connectivity index (χ4v) is 5.78. The van der Waals surface area contributed by atoms with Gasteiger partial charge in [0.25, 0.3) is 0 Å². The summed E-state index contributed by atoms with van der Waals surface area (Å²) in [7, 11) is -1.42. The van der Waals surface area contributed by atoms with Crippen molar-refractivity contribution in [1.29, 1.82) is 0 Å². The monoisotopic (exact) mass is 383 g/mol. The quantitative estimate of drug-likeness (QED) is 0.279. The number of nitrogens with zero attached hydrogens (tertiary/aromatic N) is 1. The Balaban J connectivity index is 1.94. The van der Waals surface area contributed by atoms with E-state index in [1.165, 1.54) is 37.9 Å². The van der Waals surface area contributed by atoms with Gasteiger partial charge in [-0.2, -0.15) is 0 Å². The van der Waals surface area contributed by atoms with Crippen molar-refractivity contribution in [3.63, 3.8) is 0 Å². The Morgan fingerprint density at radius 2 is 1.57 bits per heavy atom. The van der Waals surface area contributed by atoms with E-state index in [9.17, 15) is 0 Å². The molecule has 0 spiro atoms. The lowest BCUT2D eigenvalue weighted by atomic mass is 9.95. The molecule has 142 valence electrons. The van der Waals surface area contributed by atoms with E-state index in [1.807, 2.05) is 0 Å². The van der Waals surface area contributed by atoms with Crippen LogP contribution in [0.15, 0.2) is 66.9 Å². The number of rotatable bonds is 4. The van der Waals surface area contributed by atoms with Gasteiger partial charge in [-0.15, -0.1) is 0 Å². The molecule has 0 unspecified atom stereocenters. The number of pyridine rings is 1. The highest BCUT2D eigenvalue weighted by molar-refractivity contribution is 6.89. The van der Waals surface area contributed by atoms with Crippen molar-refractivity contribution in [2.24, 2.45) is 5.92 Å². The molecule has 2 heteroatoms. The van der Waals surface area contributed by atoms with Gasteiger partial charge in [-0.05, 0) is 50.7 Å². The SMILES string of the molecule is CC(C)Cc1cc(-c2cccc3c2ccc2ccccc23)ncc1[Si](C)(C)C. The van der Waals surface area contributed by atoms with Gasteiger partial charge >= 0.3 is 0 Å². The number of benzene rings is 3. The minimum atomic E-state index is -1.42. The summed E-state index contributed by atoms with van der Waals surface area (Å²) in [4.78, 5) is 4.95. The maximum atomic E-state index is 4.95. The van der Waals surface area contributed by atoms with Crippen molar-refractivity contribution in [3.05, 3.63) is 72.4 Å². The molecule has 3 aromatic carbocycles. The Morgan fingerprint density at radius 3 is 2.32 bits per heavy atom. The first-order valence-corrected chi connectivity index (χ1v) is 13.7. The Bertz CT molecular complexity index is 1150. The zero-order valence-electron chi connectivity index (χ0n) is 17.6. The van der Waals surface area contributed by atoms with Gasteiger partial charge < -0.3 is 0 Å². The molecule has 0 N–H and O–H groups in total. The molecule has 0 aliphatic carbocycles. The van der Waals surface area contributed by atoms with Gasteiger partial charge in [-0.1, -0.05) is 88.1 Å². The third-order valence-electron chi connectivity index (χ3n) is 5.49. The van der Waals surface area contributed by atoms with Crippen LogP contribution in [0.1, 0.15) is 19.4 Å². The van der Waals surface area contributed by atoms with E-state index in [1.54, 1.807) is 0 Å². The van der Waals surface area contributed by atoms with Crippen molar-refractivity contribution in [2.75, 3.05) is 0 Å². The van der Waals surface area contributed by atoms with Crippen LogP contribution < -0.4 is 5.19 Å². The molecule has 4 rings (SSSR count). The first kappa shape index (κ1) is 18.9. The Kier molecular flexibility index (Phi) is 4.84. The van der Waals surface area contributed by atoms with Crippen LogP contribution in [-0.2, 0) is 6.42 Å². The molecule has 0 aliphatic heterocycles. The van der Waals surface area contributed by atoms with E-state index < -0.39 is 8.07 Å². The molecule has 0 amide bonds. The third kappa shape index (κ3) is 3.49. The molecule has 28 heavy (non-hydrogen) atoms. The first-order valence-electron chi connectivity index (χ1n) is 10.2. The van der Waals surface area contributed by atoms with Crippen molar-refractivity contribution >= 4 is 34.8 Å². The summed E-state index contributed by atoms with van der Waals surface area (Å²) in [5.74, 6) is 0.641. The summed E-state index contributed by atoms with van der Waals surface area (Å²) in [5.41, 5.74) is 3.81. The Hall–Kier alpha value is -2.45. The zero-order chi connectivity index (χ0) is 19.9. The average molecular weight is 384 g/mol. The molecule has 0 saturated heterocycles. The standard InChI is InChI=1S/C26H29NSi/c1-18(2)15-20-16-25(27-17-26(20)28(3,4)5)24-12-8-11-22-21-10-7-6-9-19(21)13-14-23(22)24/h6-14,16-18H,15H2,1-5H3. The van der Waals surface area contributed by atoms with E-state index in [-0.39, 0.29) is 0 Å². The average Bonchev–Trinajstić information content (AvgIpc) is 2.66. The molecule has 0 bridgehead atoms. The molecule has 0 atom stereocenters. The maximum Gasteiger partial charge on any atom is 0.0799 e. The fourth-order valence-electron chi connectivity index (χ4n) is 4.19. The fraction of sp³-hybridized carbons (Fsp3) is 0.269. The predicted molar refractivity (Wildman–Crippen MR) is 126 cm³/mol. The molecule has 0 aliphatic rings. The molecule has 1 heterocycles. The summed E-state index contributed by atoms with van der Waals surface area (Å²) in [6.45, 7) is 11.9. The Morgan fingerprint density at radius 1 is 0.821 bits per heavy atom. The first-order chi connectivity index (χ1) is 13.3. The van der Waals surface area contributed by atoms with E-state index in [2.05, 4.69) is 100 Å². The Labute approximate surface area is 169 Å². The molecule has 1 nitrogen and oxygen atoms in total. The van der Waals surface area contributed by atoms with Crippen LogP contribution >= 0.6 is 0 Å². The topological polar surface area (TPSA) is 12.9 Å². The van der Waals surface area contributed by atoms with E-state index in [4.69, 9.17) is 4.98 Å². The van der Waals surface area contributed by atoms with Crippen LogP contribution in [0.4, 0.5) is 0 Å². The van der Waals surface area contributed by atoms with Gasteiger partial charge in [0.1, 0.15) is 0 Å². The van der Waals surface area contributed by atoms with Crippen LogP contribution in [0.2, 0.25) is 19.6 Å². The predicted octanol–water partition coefficient (Wildman–Crippen LogP) is 6.80. The summed E-state index contributed by atoms with van der Waals surface area (Å²) in [6, 6.07) is 22.1. The summed E-state index contributed by atoms with van der Waals surface area (Å²) < 4.78 is 0. The molecule has 1 aromatic heterocycles. The van der Waals surface area contributed by atoms with Crippen molar-refractivity contribution in [1.82, 2.24) is 4.98 Å². The number of fused-ring (bicyclic) bond motifs is 3. The highest BCUT2D eigenvalue weighted by atomic mass is 28.3. The highest BCUT2D eigenvalue weighted by Gasteiger charge is 2.22. The van der Waals surface area contributed by atoms with Crippen LogP contribution in [0.5, 0.6) is 0 Å². The molecule has 4 aromatic rings. The molecular formula is C26H29NSi. The minimum absolute atomic E-state index is 0.641. The number of aromatic nitrogens is 1. The van der Waals surface area contributed by atoms with Crippen LogP contribution in [0.25, 0.3) is 32.8 Å². The van der Waals surface area contributed by atoms with Crippen LogP contribution in [-0.4, -0.2) is 13.1 Å². The lowest BCUT2D eigenvalue weighted by Gasteiger charge is -2.22. The lowest BCUT2D eigenvalue weighted by Crippen LogP contribution is -2.40. The second-order valence-corrected chi connectivity index (χ2v) is 14.3. The highest BCUT2D eigenvalue weighted by Crippen LogP contribution is 2.32. The van der Waals surface area contributed by atoms with Crippen molar-refractivity contribution < 1.29 is 0 Å². The smallest absolute Gasteiger partial charge is 0.0799 e. The van der Waals surface area contributed by atoms with Gasteiger partial charge in [0.15, 0.2) is 0 Å². The van der Waals surface area contributed by atoms with Gasteiger partial charge in [-0.3, -0.25) is 4.98 Å². The normalized spacial score (nSPS) is 12.2. The lowest BCUT2D eigenvalue weighted by molar-refractivity contribution is 0.649. The number of hydrogen-bond donors (Lipinski definition) is 0. The van der Waals surface area contributed by atoms with E-state index in [0.717, 1.165) is 12.1 Å². The summed E-state index contributed by atoms with van der Waals surface area (Å²) in [6.07, 6.45) is 3.28. The van der Waals surface area contributed by atoms with Crippen LogP contribution in [0.3, 0.4) is 0 Å². The van der Waals surface area contributed by atoms with E-state index >= 15 is 0 Å². The largest absolute Gasteiger partial charge is 0.256 e. The van der Waals surface area contributed by atoms with Crippen molar-refractivity contribution in [2.45, 2.75) is 39.9 Å². The minimum Gasteiger partial charge on any atom is -0.256 e. The van der Waals surface area contributed by atoms with Crippen molar-refractivity contribution in [3.8, 4) is 11.3 Å². The molecule has 0 radical (unpaired) electrons.